The summed E-state index contributed by atoms with van der Waals surface area (Å²) < 4.78 is 5.25. The lowest BCUT2D eigenvalue weighted by Gasteiger charge is -2.22. The Morgan fingerprint density at radius 3 is 2.56 bits per heavy atom. The Hall–Kier alpha value is -1.55. The Morgan fingerprint density at radius 2 is 2.00 bits per heavy atom. The van der Waals surface area contributed by atoms with Crippen LogP contribution in [0, 0.1) is 0 Å². The van der Waals surface area contributed by atoms with Crippen molar-refractivity contribution in [3.8, 4) is 5.75 Å². The van der Waals surface area contributed by atoms with Gasteiger partial charge < -0.3 is 15.2 Å². The molecule has 0 bridgehead atoms. The van der Waals surface area contributed by atoms with E-state index in [9.17, 15) is 9.90 Å². The average molecular weight is 251 g/mol. The summed E-state index contributed by atoms with van der Waals surface area (Å²) in [6, 6.07) is 6.62. The van der Waals surface area contributed by atoms with Gasteiger partial charge in [0, 0.05) is 12.1 Å². The van der Waals surface area contributed by atoms with E-state index in [1.54, 1.807) is 19.1 Å². The lowest BCUT2D eigenvalue weighted by Crippen LogP contribution is -2.38. The summed E-state index contributed by atoms with van der Waals surface area (Å²) in [5.41, 5.74) is 0.273. The third-order valence-corrected chi connectivity index (χ3v) is 2.35. The summed E-state index contributed by atoms with van der Waals surface area (Å²) >= 11 is 0. The Kier molecular flexibility index (Phi) is 4.73. The maximum Gasteiger partial charge on any atom is 0.323 e. The topological polar surface area (TPSA) is 58.6 Å². The van der Waals surface area contributed by atoms with Crippen molar-refractivity contribution in [2.75, 3.05) is 0 Å². The van der Waals surface area contributed by atoms with Crippen LogP contribution in [0.2, 0.25) is 0 Å². The highest BCUT2D eigenvalue weighted by molar-refractivity contribution is 5.75. The molecule has 0 fully saturated rings. The number of aromatic hydroxyl groups is 1. The second-order valence-electron chi connectivity index (χ2n) is 5.26. The predicted molar refractivity (Wildman–Crippen MR) is 70.3 cm³/mol. The van der Waals surface area contributed by atoms with Gasteiger partial charge in [0.25, 0.3) is 0 Å². The van der Waals surface area contributed by atoms with Gasteiger partial charge in [-0.05, 0) is 33.8 Å². The van der Waals surface area contributed by atoms with Crippen molar-refractivity contribution in [3.05, 3.63) is 29.8 Å². The van der Waals surface area contributed by atoms with Gasteiger partial charge in [0.05, 0.1) is 0 Å². The van der Waals surface area contributed by atoms with Gasteiger partial charge in [0.1, 0.15) is 17.4 Å². The van der Waals surface area contributed by atoms with E-state index in [4.69, 9.17) is 4.74 Å². The van der Waals surface area contributed by atoms with Gasteiger partial charge in [0.15, 0.2) is 0 Å². The van der Waals surface area contributed by atoms with Crippen LogP contribution in [0.3, 0.4) is 0 Å². The average Bonchev–Trinajstić information content (AvgIpc) is 2.25. The summed E-state index contributed by atoms with van der Waals surface area (Å²) in [6.07, 6.45) is 0. The van der Waals surface area contributed by atoms with E-state index in [-0.39, 0.29) is 11.7 Å². The summed E-state index contributed by atoms with van der Waals surface area (Å²) in [7, 11) is 0. The molecule has 0 radical (unpaired) electrons. The van der Waals surface area contributed by atoms with Gasteiger partial charge in [-0.1, -0.05) is 18.2 Å². The number of hydrogen-bond acceptors (Lipinski definition) is 4. The van der Waals surface area contributed by atoms with Crippen molar-refractivity contribution in [3.63, 3.8) is 0 Å². The Bertz CT molecular complexity index is 410. The number of nitrogens with one attached hydrogen (secondary N) is 1. The van der Waals surface area contributed by atoms with Crippen LogP contribution in [0.15, 0.2) is 24.3 Å². The Labute approximate surface area is 108 Å². The first-order valence-electron chi connectivity index (χ1n) is 6.03. The normalized spacial score (nSPS) is 13.1. The van der Waals surface area contributed by atoms with Gasteiger partial charge in [0.2, 0.25) is 0 Å². The molecule has 2 N–H and O–H groups in total. The number of carbonyl (C=O) groups is 1. The molecular formula is C14H21NO3. The smallest absolute Gasteiger partial charge is 0.323 e. The maximum atomic E-state index is 11.7. The zero-order valence-electron chi connectivity index (χ0n) is 11.4. The summed E-state index contributed by atoms with van der Waals surface area (Å²) in [6.45, 7) is 7.67. The fourth-order valence-corrected chi connectivity index (χ4v) is 1.40. The minimum atomic E-state index is -0.484. The van der Waals surface area contributed by atoms with E-state index in [1.807, 2.05) is 32.9 Å². The second-order valence-corrected chi connectivity index (χ2v) is 5.26. The lowest BCUT2D eigenvalue weighted by molar-refractivity contribution is -0.157. The first-order chi connectivity index (χ1) is 8.29. The quantitative estimate of drug-likeness (QED) is 0.806. The van der Waals surface area contributed by atoms with Crippen LogP contribution in [-0.2, 0) is 16.1 Å². The van der Waals surface area contributed by atoms with Crippen LogP contribution in [0.5, 0.6) is 5.75 Å². The van der Waals surface area contributed by atoms with Crippen LogP contribution in [0.4, 0.5) is 0 Å². The molecule has 1 rings (SSSR count). The molecule has 0 spiro atoms. The third-order valence-electron chi connectivity index (χ3n) is 2.35. The molecule has 4 nitrogen and oxygen atoms in total. The maximum absolute atomic E-state index is 11.7. The fraction of sp³-hybridized carbons (Fsp3) is 0.500. The zero-order valence-corrected chi connectivity index (χ0v) is 11.4. The molecule has 0 aliphatic heterocycles. The molecular weight excluding hydrogens is 230 g/mol. The third kappa shape index (κ3) is 4.75. The van der Waals surface area contributed by atoms with Gasteiger partial charge in [-0.15, -0.1) is 0 Å². The molecule has 1 aromatic rings. The number of ether oxygens (including phenoxy) is 1. The van der Waals surface area contributed by atoms with Crippen molar-refractivity contribution >= 4 is 5.97 Å². The molecule has 1 atom stereocenters. The molecule has 4 heteroatoms. The molecule has 0 amide bonds. The second kappa shape index (κ2) is 5.87. The molecule has 0 aromatic heterocycles. The van der Waals surface area contributed by atoms with Gasteiger partial charge in [-0.3, -0.25) is 4.79 Å². The van der Waals surface area contributed by atoms with Crippen LogP contribution >= 0.6 is 0 Å². The number of hydrogen-bond donors (Lipinski definition) is 2. The van der Waals surface area contributed by atoms with Gasteiger partial charge in [-0.2, -0.15) is 0 Å². The number of esters is 1. The first-order valence-corrected chi connectivity index (χ1v) is 6.03. The highest BCUT2D eigenvalue weighted by atomic mass is 16.6. The van der Waals surface area contributed by atoms with Crippen molar-refractivity contribution in [1.29, 1.82) is 0 Å². The molecule has 0 aliphatic rings. The molecule has 1 unspecified atom stereocenters. The highest BCUT2D eigenvalue weighted by Crippen LogP contribution is 2.15. The van der Waals surface area contributed by atoms with E-state index in [0.717, 1.165) is 5.56 Å². The first kappa shape index (κ1) is 14.5. The molecule has 0 saturated heterocycles. The lowest BCUT2D eigenvalue weighted by atomic mass is 10.1. The van der Waals surface area contributed by atoms with E-state index >= 15 is 0 Å². The Morgan fingerprint density at radius 1 is 1.39 bits per heavy atom. The van der Waals surface area contributed by atoms with E-state index in [2.05, 4.69) is 5.32 Å². The minimum absolute atomic E-state index is 0.224. The van der Waals surface area contributed by atoms with Crippen molar-refractivity contribution < 1.29 is 14.6 Å². The van der Waals surface area contributed by atoms with Crippen LogP contribution in [0.25, 0.3) is 0 Å². The monoisotopic (exact) mass is 251 g/mol. The van der Waals surface area contributed by atoms with E-state index in [0.29, 0.717) is 6.54 Å². The standard InChI is InChI=1S/C14H21NO3/c1-10(13(17)18-14(2,3)4)15-9-11-7-5-6-8-12(11)16/h5-8,10,15-16H,9H2,1-4H3. The van der Waals surface area contributed by atoms with Crippen molar-refractivity contribution in [2.24, 2.45) is 0 Å². The predicted octanol–water partition coefficient (Wildman–Crippen LogP) is 2.21. The van der Waals surface area contributed by atoms with Crippen LogP contribution in [0.1, 0.15) is 33.3 Å². The van der Waals surface area contributed by atoms with Crippen molar-refractivity contribution in [2.45, 2.75) is 45.9 Å². The summed E-state index contributed by atoms with van der Waals surface area (Å²) in [4.78, 5) is 11.7. The van der Waals surface area contributed by atoms with Crippen molar-refractivity contribution in [1.82, 2.24) is 5.32 Å². The fourth-order valence-electron chi connectivity index (χ4n) is 1.40. The molecule has 18 heavy (non-hydrogen) atoms. The minimum Gasteiger partial charge on any atom is -0.508 e. The SMILES string of the molecule is CC(NCc1ccccc1O)C(=O)OC(C)(C)C. The highest BCUT2D eigenvalue weighted by Gasteiger charge is 2.21. The molecule has 0 heterocycles. The number of para-hydroxylation sites is 1. The number of benzene rings is 1. The van der Waals surface area contributed by atoms with E-state index in [1.165, 1.54) is 0 Å². The summed E-state index contributed by atoms with van der Waals surface area (Å²) in [5, 5.41) is 12.6. The van der Waals surface area contributed by atoms with Crippen LogP contribution < -0.4 is 5.32 Å². The largest absolute Gasteiger partial charge is 0.508 e. The molecule has 1 aromatic carbocycles. The van der Waals surface area contributed by atoms with E-state index < -0.39 is 11.6 Å². The number of carbonyl (C=O) groups excluding carboxylic acids is 1. The molecule has 100 valence electrons. The number of rotatable bonds is 4. The van der Waals surface area contributed by atoms with Crippen LogP contribution in [-0.4, -0.2) is 22.7 Å². The Balaban J connectivity index is 2.49. The zero-order chi connectivity index (χ0) is 13.8. The number of phenolic OH excluding ortho intramolecular Hbond substituents is 1. The number of phenols is 1. The molecule has 0 saturated carbocycles. The van der Waals surface area contributed by atoms with Gasteiger partial charge >= 0.3 is 5.97 Å². The summed E-state index contributed by atoms with van der Waals surface area (Å²) in [5.74, 6) is -0.0701. The molecule has 0 aliphatic carbocycles. The van der Waals surface area contributed by atoms with Gasteiger partial charge in [-0.25, -0.2) is 0 Å².